The normalized spacial score (nSPS) is 13.9. The Balaban J connectivity index is 1.83. The molecule has 0 unspecified atom stereocenters. The lowest BCUT2D eigenvalue weighted by atomic mass is 9.96. The number of anilines is 1. The molecule has 4 N–H and O–H groups in total. The van der Waals surface area contributed by atoms with Gasteiger partial charge in [-0.2, -0.15) is 0 Å². The second-order valence-electron chi connectivity index (χ2n) is 5.37. The quantitative estimate of drug-likeness (QED) is 0.575. The summed E-state index contributed by atoms with van der Waals surface area (Å²) in [4.78, 5) is 12.7. The number of carbonyl (C=O) groups is 1. The second-order valence-corrected chi connectivity index (χ2v) is 6.71. The molecule has 1 aromatic carbocycles. The van der Waals surface area contributed by atoms with Gasteiger partial charge >= 0.3 is 0 Å². The van der Waals surface area contributed by atoms with Gasteiger partial charge in [-0.25, -0.2) is 0 Å². The highest BCUT2D eigenvalue weighted by Gasteiger charge is 2.27. The van der Waals surface area contributed by atoms with Crippen molar-refractivity contribution < 1.29 is 4.79 Å². The van der Waals surface area contributed by atoms with Crippen LogP contribution in [0.1, 0.15) is 45.1 Å². The maximum atomic E-state index is 12.2. The number of amides is 1. The largest absolute Gasteiger partial charge is 0.398 e. The van der Waals surface area contributed by atoms with Gasteiger partial charge in [-0.1, -0.05) is 17.7 Å². The summed E-state index contributed by atoms with van der Waals surface area (Å²) in [5.41, 5.74) is 9.38. The topological polar surface area (TPSA) is 79.0 Å². The zero-order valence-corrected chi connectivity index (χ0v) is 13.4. The minimum Gasteiger partial charge on any atom is -0.398 e. The zero-order chi connectivity index (χ0) is 15.7. The van der Waals surface area contributed by atoms with Gasteiger partial charge in [-0.15, -0.1) is 11.3 Å². The smallest absolute Gasteiger partial charge is 0.261 e. The molecule has 1 aromatic heterocycles. The molecule has 1 aliphatic rings. The lowest BCUT2D eigenvalue weighted by molar-refractivity contribution is 0.0955. The molecule has 0 aliphatic heterocycles. The number of nitrogens with two attached hydrogens (primary N) is 1. The van der Waals surface area contributed by atoms with Gasteiger partial charge < -0.3 is 16.5 Å². The van der Waals surface area contributed by atoms with Crippen molar-refractivity contribution in [3.8, 4) is 0 Å². The molecule has 0 atom stereocenters. The summed E-state index contributed by atoms with van der Waals surface area (Å²) >= 11 is 7.16. The molecule has 4 nitrogen and oxygen atoms in total. The Morgan fingerprint density at radius 2 is 2.27 bits per heavy atom. The van der Waals surface area contributed by atoms with Gasteiger partial charge in [0.05, 0.1) is 9.90 Å². The van der Waals surface area contributed by atoms with Crippen molar-refractivity contribution in [2.24, 2.45) is 0 Å². The summed E-state index contributed by atoms with van der Waals surface area (Å²) < 4.78 is 0. The molecule has 0 spiro atoms. The van der Waals surface area contributed by atoms with Crippen molar-refractivity contribution in [3.63, 3.8) is 0 Å². The first-order valence-electron chi connectivity index (χ1n) is 7.04. The first kappa shape index (κ1) is 15.1. The van der Waals surface area contributed by atoms with Crippen LogP contribution in [0.15, 0.2) is 23.6 Å². The van der Waals surface area contributed by atoms with Gasteiger partial charge in [0.15, 0.2) is 0 Å². The van der Waals surface area contributed by atoms with Crippen LogP contribution in [0.4, 0.5) is 5.69 Å². The number of halogens is 1. The number of hydrogen-bond acceptors (Lipinski definition) is 4. The van der Waals surface area contributed by atoms with Gasteiger partial charge in [-0.3, -0.25) is 4.79 Å². The van der Waals surface area contributed by atoms with E-state index < -0.39 is 0 Å². The highest BCUT2D eigenvalue weighted by Crippen LogP contribution is 2.43. The van der Waals surface area contributed by atoms with E-state index in [1.165, 1.54) is 23.1 Å². The van der Waals surface area contributed by atoms with Gasteiger partial charge in [0.25, 0.3) is 5.91 Å². The summed E-state index contributed by atoms with van der Waals surface area (Å²) in [7, 11) is 0. The van der Waals surface area contributed by atoms with Crippen molar-refractivity contribution in [2.75, 3.05) is 5.73 Å². The maximum absolute atomic E-state index is 12.2. The van der Waals surface area contributed by atoms with Gasteiger partial charge in [-0.05, 0) is 42.0 Å². The third-order valence-corrected chi connectivity index (χ3v) is 5.08. The SMILES string of the molecule is N=Cc1c(N)ccc(C2CC2)c1CNC(=O)c1cc(Cl)cs1. The molecular weight excluding hydrogens is 318 g/mol. The van der Waals surface area contributed by atoms with Crippen LogP contribution in [0.2, 0.25) is 5.02 Å². The molecule has 1 saturated carbocycles. The van der Waals surface area contributed by atoms with Crippen molar-refractivity contribution in [1.82, 2.24) is 5.32 Å². The molecule has 114 valence electrons. The molecule has 22 heavy (non-hydrogen) atoms. The Kier molecular flexibility index (Phi) is 4.18. The maximum Gasteiger partial charge on any atom is 0.261 e. The lowest BCUT2D eigenvalue weighted by Gasteiger charge is -2.15. The molecule has 1 amide bonds. The fraction of sp³-hybridized carbons (Fsp3) is 0.250. The first-order chi connectivity index (χ1) is 10.6. The Morgan fingerprint density at radius 1 is 1.50 bits per heavy atom. The van der Waals surface area contributed by atoms with Crippen LogP contribution in [-0.2, 0) is 6.54 Å². The monoisotopic (exact) mass is 333 g/mol. The number of rotatable bonds is 5. The molecule has 1 heterocycles. The molecule has 1 fully saturated rings. The van der Waals surface area contributed by atoms with Crippen LogP contribution < -0.4 is 11.1 Å². The fourth-order valence-corrected chi connectivity index (χ4v) is 3.52. The standard InChI is InChI=1S/C16H16ClN3OS/c17-10-5-15(22-8-10)16(21)20-7-13-11(9-1-2-9)3-4-14(19)12(13)6-18/h3-6,8-9,18H,1-2,7,19H2,(H,20,21). The van der Waals surface area contributed by atoms with E-state index in [0.29, 0.717) is 33.6 Å². The van der Waals surface area contributed by atoms with Crippen LogP contribution in [0, 0.1) is 5.41 Å². The van der Waals surface area contributed by atoms with Crippen molar-refractivity contribution in [3.05, 3.63) is 50.2 Å². The molecule has 0 radical (unpaired) electrons. The number of hydrogen-bond donors (Lipinski definition) is 3. The van der Waals surface area contributed by atoms with Gasteiger partial charge in [0.1, 0.15) is 0 Å². The van der Waals surface area contributed by atoms with Crippen molar-refractivity contribution in [1.29, 1.82) is 5.41 Å². The number of benzene rings is 1. The molecule has 3 rings (SSSR count). The molecule has 2 aromatic rings. The van der Waals surface area contributed by atoms with Crippen LogP contribution in [0.5, 0.6) is 0 Å². The molecule has 0 bridgehead atoms. The molecular formula is C16H16ClN3OS. The third-order valence-electron chi connectivity index (χ3n) is 3.81. The van der Waals surface area contributed by atoms with E-state index in [4.69, 9.17) is 22.7 Å². The van der Waals surface area contributed by atoms with E-state index in [-0.39, 0.29) is 5.91 Å². The predicted molar refractivity (Wildman–Crippen MR) is 91.2 cm³/mol. The van der Waals surface area contributed by atoms with E-state index in [0.717, 1.165) is 18.4 Å². The highest BCUT2D eigenvalue weighted by molar-refractivity contribution is 7.12. The van der Waals surface area contributed by atoms with E-state index >= 15 is 0 Å². The molecule has 1 aliphatic carbocycles. The number of nitrogen functional groups attached to an aromatic ring is 1. The Bertz CT molecular complexity index is 737. The van der Waals surface area contributed by atoms with E-state index in [2.05, 4.69) is 5.32 Å². The van der Waals surface area contributed by atoms with E-state index in [1.807, 2.05) is 12.1 Å². The molecule has 0 saturated heterocycles. The summed E-state index contributed by atoms with van der Waals surface area (Å²) in [6.07, 6.45) is 3.58. The Labute approximate surface area is 137 Å². The number of nitrogens with one attached hydrogen (secondary N) is 2. The Morgan fingerprint density at radius 3 is 2.86 bits per heavy atom. The fourth-order valence-electron chi connectivity index (χ4n) is 2.53. The van der Waals surface area contributed by atoms with Crippen molar-refractivity contribution >= 4 is 40.7 Å². The van der Waals surface area contributed by atoms with E-state index in [1.54, 1.807) is 11.4 Å². The summed E-state index contributed by atoms with van der Waals surface area (Å²) in [6.45, 7) is 0.371. The average Bonchev–Trinajstić information content (AvgIpc) is 3.25. The predicted octanol–water partition coefficient (Wildman–Crippen LogP) is 3.79. The van der Waals surface area contributed by atoms with Crippen LogP contribution >= 0.6 is 22.9 Å². The molecule has 6 heteroatoms. The van der Waals surface area contributed by atoms with E-state index in [9.17, 15) is 4.79 Å². The first-order valence-corrected chi connectivity index (χ1v) is 8.30. The van der Waals surface area contributed by atoms with Crippen LogP contribution in [0.3, 0.4) is 0 Å². The van der Waals surface area contributed by atoms with Crippen molar-refractivity contribution in [2.45, 2.75) is 25.3 Å². The Hall–Kier alpha value is -1.85. The minimum absolute atomic E-state index is 0.156. The summed E-state index contributed by atoms with van der Waals surface area (Å²) in [5.74, 6) is 0.374. The van der Waals surface area contributed by atoms with Crippen LogP contribution in [-0.4, -0.2) is 12.1 Å². The van der Waals surface area contributed by atoms with Gasteiger partial charge in [0, 0.05) is 29.4 Å². The minimum atomic E-state index is -0.156. The highest BCUT2D eigenvalue weighted by atomic mass is 35.5. The number of carbonyl (C=O) groups excluding carboxylic acids is 1. The second kappa shape index (κ2) is 6.10. The van der Waals surface area contributed by atoms with Gasteiger partial charge in [0.2, 0.25) is 0 Å². The summed E-state index contributed by atoms with van der Waals surface area (Å²) in [5, 5.41) is 12.8. The average molecular weight is 334 g/mol. The third kappa shape index (κ3) is 3.00. The number of thiophene rings is 1. The van der Waals surface area contributed by atoms with Crippen LogP contribution in [0.25, 0.3) is 0 Å². The lowest BCUT2D eigenvalue weighted by Crippen LogP contribution is -2.23. The summed E-state index contributed by atoms with van der Waals surface area (Å²) in [6, 6.07) is 5.52. The zero-order valence-electron chi connectivity index (χ0n) is 11.9.